The van der Waals surface area contributed by atoms with Gasteiger partial charge in [0.25, 0.3) is 0 Å². The van der Waals surface area contributed by atoms with Gasteiger partial charge in [-0.3, -0.25) is 9.69 Å². The van der Waals surface area contributed by atoms with E-state index in [0.717, 1.165) is 30.0 Å². The molecule has 0 N–H and O–H groups in total. The minimum absolute atomic E-state index is 0.211. The normalized spacial score (nSPS) is 15.9. The summed E-state index contributed by atoms with van der Waals surface area (Å²) in [4.78, 5) is 14.4. The van der Waals surface area contributed by atoms with Gasteiger partial charge in [0.2, 0.25) is 0 Å². The van der Waals surface area contributed by atoms with E-state index in [0.29, 0.717) is 13.2 Å². The Labute approximate surface area is 109 Å². The van der Waals surface area contributed by atoms with Crippen LogP contribution in [0.4, 0.5) is 0 Å². The maximum atomic E-state index is 12.1. The monoisotopic (exact) mass is 247 g/mol. The predicted molar refractivity (Wildman–Crippen MR) is 72.4 cm³/mol. The third-order valence-corrected chi connectivity index (χ3v) is 3.36. The van der Waals surface area contributed by atoms with Crippen molar-refractivity contribution in [2.75, 3.05) is 26.2 Å². The highest BCUT2D eigenvalue weighted by atomic mass is 16.5. The zero-order valence-corrected chi connectivity index (χ0v) is 11.2. The highest BCUT2D eigenvalue weighted by Gasteiger charge is 2.16. The number of ether oxygens (including phenoxy) is 1. The molecule has 0 radical (unpaired) electrons. The predicted octanol–water partition coefficient (Wildman–Crippen LogP) is 2.67. The summed E-state index contributed by atoms with van der Waals surface area (Å²) in [6.45, 7) is 7.27. The number of benzene rings is 1. The molecule has 2 rings (SSSR count). The van der Waals surface area contributed by atoms with Gasteiger partial charge in [0.05, 0.1) is 13.2 Å². The first-order valence-corrected chi connectivity index (χ1v) is 6.69. The Hall–Kier alpha value is -1.35. The van der Waals surface area contributed by atoms with Crippen LogP contribution in [0.3, 0.4) is 0 Å². The number of carbonyl (C=O) groups excluding carboxylic acids is 1. The van der Waals surface area contributed by atoms with Crippen LogP contribution in [0.25, 0.3) is 0 Å². The Balaban J connectivity index is 2.03. The largest absolute Gasteiger partial charge is 0.494 e. The van der Waals surface area contributed by atoms with Gasteiger partial charge < -0.3 is 4.74 Å². The fourth-order valence-electron chi connectivity index (χ4n) is 2.38. The number of hydrogen-bond acceptors (Lipinski definition) is 3. The van der Waals surface area contributed by atoms with Gasteiger partial charge in [0, 0.05) is 5.56 Å². The van der Waals surface area contributed by atoms with Gasteiger partial charge in [-0.05, 0) is 63.5 Å². The van der Waals surface area contributed by atoms with E-state index in [1.165, 1.54) is 12.8 Å². The first-order chi connectivity index (χ1) is 8.70. The average molecular weight is 247 g/mol. The minimum Gasteiger partial charge on any atom is -0.494 e. The summed E-state index contributed by atoms with van der Waals surface area (Å²) in [5.41, 5.74) is 1.83. The van der Waals surface area contributed by atoms with Gasteiger partial charge in [0.15, 0.2) is 5.78 Å². The lowest BCUT2D eigenvalue weighted by molar-refractivity contribution is 0.0945. The van der Waals surface area contributed by atoms with Crippen molar-refractivity contribution in [1.82, 2.24) is 4.90 Å². The number of likely N-dealkylation sites (tertiary alicyclic amines) is 1. The maximum Gasteiger partial charge on any atom is 0.176 e. The number of hydrogen-bond donors (Lipinski definition) is 0. The lowest BCUT2D eigenvalue weighted by Gasteiger charge is -2.14. The highest BCUT2D eigenvalue weighted by Crippen LogP contribution is 2.20. The fourth-order valence-corrected chi connectivity index (χ4v) is 2.38. The van der Waals surface area contributed by atoms with E-state index in [4.69, 9.17) is 4.74 Å². The Morgan fingerprint density at radius 2 is 2.06 bits per heavy atom. The third kappa shape index (κ3) is 3.10. The van der Waals surface area contributed by atoms with Crippen molar-refractivity contribution >= 4 is 5.78 Å². The van der Waals surface area contributed by atoms with Crippen LogP contribution >= 0.6 is 0 Å². The topological polar surface area (TPSA) is 29.5 Å². The number of carbonyl (C=O) groups is 1. The van der Waals surface area contributed by atoms with Crippen molar-refractivity contribution in [3.63, 3.8) is 0 Å². The molecule has 1 aliphatic rings. The summed E-state index contributed by atoms with van der Waals surface area (Å²) in [5, 5.41) is 0. The Morgan fingerprint density at radius 3 is 2.67 bits per heavy atom. The van der Waals surface area contributed by atoms with Gasteiger partial charge in [-0.1, -0.05) is 0 Å². The molecule has 0 saturated carbocycles. The van der Waals surface area contributed by atoms with E-state index in [1.54, 1.807) is 0 Å². The number of aryl methyl sites for hydroxylation is 1. The second kappa shape index (κ2) is 6.01. The average Bonchev–Trinajstić information content (AvgIpc) is 2.84. The molecule has 0 bridgehead atoms. The van der Waals surface area contributed by atoms with E-state index in [-0.39, 0.29) is 5.78 Å². The lowest BCUT2D eigenvalue weighted by atomic mass is 10.1. The van der Waals surface area contributed by atoms with Crippen molar-refractivity contribution in [3.05, 3.63) is 29.3 Å². The molecular formula is C15H21NO2. The number of Topliss-reactive ketones (excluding diaryl/α,β-unsaturated/α-hetero) is 1. The van der Waals surface area contributed by atoms with Crippen molar-refractivity contribution in [2.24, 2.45) is 0 Å². The van der Waals surface area contributed by atoms with Crippen LogP contribution in [-0.2, 0) is 0 Å². The molecule has 0 aromatic heterocycles. The molecule has 0 spiro atoms. The molecule has 0 unspecified atom stereocenters. The molecule has 18 heavy (non-hydrogen) atoms. The van der Waals surface area contributed by atoms with Gasteiger partial charge in [0.1, 0.15) is 5.75 Å². The molecule has 98 valence electrons. The Kier molecular flexibility index (Phi) is 4.37. The number of nitrogens with zero attached hydrogens (tertiary/aromatic N) is 1. The van der Waals surface area contributed by atoms with Gasteiger partial charge in [-0.25, -0.2) is 0 Å². The number of ketones is 1. The Bertz CT molecular complexity index is 423. The molecule has 1 saturated heterocycles. The molecule has 3 nitrogen and oxygen atoms in total. The molecule has 0 atom stereocenters. The summed E-state index contributed by atoms with van der Waals surface area (Å²) >= 11 is 0. The van der Waals surface area contributed by atoms with E-state index in [9.17, 15) is 4.79 Å². The van der Waals surface area contributed by atoms with Crippen LogP contribution in [-0.4, -0.2) is 36.9 Å². The quantitative estimate of drug-likeness (QED) is 0.749. The number of rotatable bonds is 5. The lowest BCUT2D eigenvalue weighted by Crippen LogP contribution is -2.26. The van der Waals surface area contributed by atoms with Crippen LogP contribution < -0.4 is 4.74 Å². The van der Waals surface area contributed by atoms with Gasteiger partial charge in [-0.2, -0.15) is 0 Å². The second-order valence-corrected chi connectivity index (χ2v) is 4.82. The molecule has 1 fully saturated rings. The van der Waals surface area contributed by atoms with E-state index in [2.05, 4.69) is 4.90 Å². The summed E-state index contributed by atoms with van der Waals surface area (Å²) in [7, 11) is 0. The Morgan fingerprint density at radius 1 is 1.33 bits per heavy atom. The zero-order chi connectivity index (χ0) is 13.0. The van der Waals surface area contributed by atoms with Crippen LogP contribution in [0, 0.1) is 6.92 Å². The van der Waals surface area contributed by atoms with Crippen LogP contribution in [0.1, 0.15) is 35.7 Å². The molecule has 1 aliphatic heterocycles. The second-order valence-electron chi connectivity index (χ2n) is 4.82. The van der Waals surface area contributed by atoms with Crippen molar-refractivity contribution in [3.8, 4) is 5.75 Å². The summed E-state index contributed by atoms with van der Waals surface area (Å²) in [6.07, 6.45) is 2.44. The third-order valence-electron chi connectivity index (χ3n) is 3.36. The summed E-state index contributed by atoms with van der Waals surface area (Å²) in [5.74, 6) is 1.08. The summed E-state index contributed by atoms with van der Waals surface area (Å²) < 4.78 is 5.48. The van der Waals surface area contributed by atoms with Gasteiger partial charge in [-0.15, -0.1) is 0 Å². The molecular weight excluding hydrogens is 226 g/mol. The van der Waals surface area contributed by atoms with Crippen molar-refractivity contribution in [1.29, 1.82) is 0 Å². The van der Waals surface area contributed by atoms with Gasteiger partial charge >= 0.3 is 0 Å². The van der Waals surface area contributed by atoms with Crippen LogP contribution in [0.5, 0.6) is 5.75 Å². The smallest absolute Gasteiger partial charge is 0.176 e. The van der Waals surface area contributed by atoms with Crippen molar-refractivity contribution < 1.29 is 9.53 Å². The molecule has 0 amide bonds. The molecule has 1 heterocycles. The first-order valence-electron chi connectivity index (χ1n) is 6.69. The standard InChI is InChI=1S/C15H21NO2/c1-3-18-15-7-6-13(10-12(15)2)14(17)11-16-8-4-5-9-16/h6-7,10H,3-5,8-9,11H2,1-2H3. The molecule has 1 aromatic carbocycles. The van der Waals surface area contributed by atoms with Crippen molar-refractivity contribution in [2.45, 2.75) is 26.7 Å². The van der Waals surface area contributed by atoms with E-state index < -0.39 is 0 Å². The SMILES string of the molecule is CCOc1ccc(C(=O)CN2CCCC2)cc1C. The molecule has 3 heteroatoms. The highest BCUT2D eigenvalue weighted by molar-refractivity contribution is 5.98. The maximum absolute atomic E-state index is 12.1. The summed E-state index contributed by atoms with van der Waals surface area (Å²) in [6, 6.07) is 5.70. The first kappa shape index (κ1) is 13.1. The fraction of sp³-hybridized carbons (Fsp3) is 0.533. The van der Waals surface area contributed by atoms with Crippen LogP contribution in [0.2, 0.25) is 0 Å². The zero-order valence-electron chi connectivity index (χ0n) is 11.2. The molecule has 1 aromatic rings. The van der Waals surface area contributed by atoms with E-state index >= 15 is 0 Å². The minimum atomic E-state index is 0.211. The van der Waals surface area contributed by atoms with Crippen LogP contribution in [0.15, 0.2) is 18.2 Å². The van der Waals surface area contributed by atoms with E-state index in [1.807, 2.05) is 32.0 Å². The molecule has 0 aliphatic carbocycles.